The van der Waals surface area contributed by atoms with Crippen molar-refractivity contribution in [3.05, 3.63) is 35.9 Å². The van der Waals surface area contributed by atoms with Crippen molar-refractivity contribution in [3.63, 3.8) is 0 Å². The largest absolute Gasteiger partial charge is 0.352 e. The third-order valence-electron chi connectivity index (χ3n) is 5.19. The number of hydrogen-bond acceptors (Lipinski definition) is 2. The van der Waals surface area contributed by atoms with Crippen LogP contribution in [0.4, 0.5) is 0 Å². The predicted molar refractivity (Wildman–Crippen MR) is 85.0 cm³/mol. The molecule has 1 aliphatic heterocycles. The second-order valence-corrected chi connectivity index (χ2v) is 6.91. The van der Waals surface area contributed by atoms with Crippen LogP contribution in [0.5, 0.6) is 0 Å². The SMILES string of the molecule is CC(C)C(C(=O)N[C@@H]1CC[C@H]2CNC[C@H]21)c1ccccc1. The van der Waals surface area contributed by atoms with Crippen LogP contribution < -0.4 is 10.6 Å². The highest BCUT2D eigenvalue weighted by Gasteiger charge is 2.40. The smallest absolute Gasteiger partial charge is 0.228 e. The van der Waals surface area contributed by atoms with Crippen LogP contribution in [0.25, 0.3) is 0 Å². The molecule has 3 heteroatoms. The molecule has 0 aromatic heterocycles. The molecule has 114 valence electrons. The van der Waals surface area contributed by atoms with Gasteiger partial charge in [0.2, 0.25) is 5.91 Å². The van der Waals surface area contributed by atoms with Gasteiger partial charge in [-0.25, -0.2) is 0 Å². The summed E-state index contributed by atoms with van der Waals surface area (Å²) >= 11 is 0. The first-order chi connectivity index (χ1) is 10.2. The maximum Gasteiger partial charge on any atom is 0.228 e. The third-order valence-corrected chi connectivity index (χ3v) is 5.19. The van der Waals surface area contributed by atoms with E-state index in [1.807, 2.05) is 18.2 Å². The van der Waals surface area contributed by atoms with Crippen LogP contribution >= 0.6 is 0 Å². The number of rotatable bonds is 4. The average Bonchev–Trinajstić information content (AvgIpc) is 3.05. The zero-order chi connectivity index (χ0) is 14.8. The molecule has 1 aromatic rings. The number of nitrogens with one attached hydrogen (secondary N) is 2. The average molecular weight is 286 g/mol. The summed E-state index contributed by atoms with van der Waals surface area (Å²) in [6.45, 7) is 6.45. The first kappa shape index (κ1) is 14.6. The molecule has 21 heavy (non-hydrogen) atoms. The van der Waals surface area contributed by atoms with Crippen molar-refractivity contribution in [2.75, 3.05) is 13.1 Å². The van der Waals surface area contributed by atoms with Crippen molar-refractivity contribution < 1.29 is 4.79 Å². The first-order valence-corrected chi connectivity index (χ1v) is 8.23. The number of hydrogen-bond donors (Lipinski definition) is 2. The Morgan fingerprint density at radius 3 is 2.67 bits per heavy atom. The van der Waals surface area contributed by atoms with Crippen molar-refractivity contribution in [2.45, 2.75) is 38.6 Å². The summed E-state index contributed by atoms with van der Waals surface area (Å²) < 4.78 is 0. The molecule has 1 amide bonds. The Balaban J connectivity index is 1.70. The van der Waals surface area contributed by atoms with Crippen molar-refractivity contribution in [2.24, 2.45) is 17.8 Å². The van der Waals surface area contributed by atoms with Crippen molar-refractivity contribution in [1.29, 1.82) is 0 Å². The normalized spacial score (nSPS) is 29.4. The van der Waals surface area contributed by atoms with E-state index in [0.717, 1.165) is 31.0 Å². The van der Waals surface area contributed by atoms with E-state index in [2.05, 4.69) is 36.6 Å². The third kappa shape index (κ3) is 2.98. The molecule has 1 saturated heterocycles. The monoisotopic (exact) mass is 286 g/mol. The zero-order valence-corrected chi connectivity index (χ0v) is 13.0. The highest BCUT2D eigenvalue weighted by atomic mass is 16.2. The molecule has 0 spiro atoms. The summed E-state index contributed by atoms with van der Waals surface area (Å²) in [7, 11) is 0. The minimum atomic E-state index is -0.0420. The lowest BCUT2D eigenvalue weighted by molar-refractivity contribution is -0.124. The minimum absolute atomic E-state index is 0.0420. The van der Waals surface area contributed by atoms with E-state index in [9.17, 15) is 4.79 Å². The molecule has 2 N–H and O–H groups in total. The number of carbonyl (C=O) groups excluding carboxylic acids is 1. The summed E-state index contributed by atoms with van der Waals surface area (Å²) in [5, 5.41) is 6.81. The Kier molecular flexibility index (Phi) is 4.29. The summed E-state index contributed by atoms with van der Waals surface area (Å²) in [6.07, 6.45) is 2.39. The van der Waals surface area contributed by atoms with Gasteiger partial charge in [-0.2, -0.15) is 0 Å². The van der Waals surface area contributed by atoms with Gasteiger partial charge in [0, 0.05) is 12.6 Å². The number of amides is 1. The zero-order valence-electron chi connectivity index (χ0n) is 13.0. The lowest BCUT2D eigenvalue weighted by atomic mass is 9.87. The maximum atomic E-state index is 12.8. The van der Waals surface area contributed by atoms with Crippen LogP contribution in [-0.4, -0.2) is 25.0 Å². The van der Waals surface area contributed by atoms with Crippen LogP contribution in [0.2, 0.25) is 0 Å². The van der Waals surface area contributed by atoms with Crippen LogP contribution in [0, 0.1) is 17.8 Å². The molecule has 1 heterocycles. The van der Waals surface area contributed by atoms with Gasteiger partial charge in [-0.3, -0.25) is 4.79 Å². The lowest BCUT2D eigenvalue weighted by Gasteiger charge is -2.25. The Labute approximate surface area is 127 Å². The predicted octanol–water partition coefficient (Wildman–Crippen LogP) is 2.54. The van der Waals surface area contributed by atoms with Gasteiger partial charge in [0.25, 0.3) is 0 Å². The van der Waals surface area contributed by atoms with Gasteiger partial charge >= 0.3 is 0 Å². The highest BCUT2D eigenvalue weighted by Crippen LogP contribution is 2.35. The molecule has 1 aliphatic carbocycles. The van der Waals surface area contributed by atoms with Gasteiger partial charge in [-0.05, 0) is 42.7 Å². The van der Waals surface area contributed by atoms with E-state index in [0.29, 0.717) is 17.9 Å². The van der Waals surface area contributed by atoms with Crippen molar-refractivity contribution in [1.82, 2.24) is 10.6 Å². The van der Waals surface area contributed by atoms with Crippen LogP contribution in [0.1, 0.15) is 38.2 Å². The molecule has 4 atom stereocenters. The highest BCUT2D eigenvalue weighted by molar-refractivity contribution is 5.84. The molecular formula is C18H26N2O. The Morgan fingerprint density at radius 2 is 1.95 bits per heavy atom. The fraction of sp³-hybridized carbons (Fsp3) is 0.611. The molecular weight excluding hydrogens is 260 g/mol. The second kappa shape index (κ2) is 6.18. The fourth-order valence-corrected chi connectivity index (χ4v) is 4.10. The van der Waals surface area contributed by atoms with Gasteiger partial charge in [0.05, 0.1) is 5.92 Å². The topological polar surface area (TPSA) is 41.1 Å². The summed E-state index contributed by atoms with van der Waals surface area (Å²) in [5.74, 6) is 1.88. The fourth-order valence-electron chi connectivity index (χ4n) is 4.10. The molecule has 1 aromatic carbocycles. The van der Waals surface area contributed by atoms with Crippen molar-refractivity contribution >= 4 is 5.91 Å². The molecule has 0 bridgehead atoms. The molecule has 3 rings (SSSR count). The Bertz CT molecular complexity index is 485. The number of benzene rings is 1. The van der Waals surface area contributed by atoms with Crippen LogP contribution in [0.3, 0.4) is 0 Å². The van der Waals surface area contributed by atoms with Gasteiger partial charge in [0.15, 0.2) is 0 Å². The second-order valence-electron chi connectivity index (χ2n) is 6.91. The summed E-state index contributed by atoms with van der Waals surface area (Å²) in [4.78, 5) is 12.8. The number of carbonyl (C=O) groups is 1. The standard InChI is InChI=1S/C18H26N2O/c1-12(2)17(13-6-4-3-5-7-13)18(21)20-16-9-8-14-10-19-11-15(14)16/h3-7,12,14-17,19H,8-11H2,1-2H3,(H,20,21)/t14-,15+,16+,17?/m0/s1. The van der Waals surface area contributed by atoms with Gasteiger partial charge in [0.1, 0.15) is 0 Å². The summed E-state index contributed by atoms with van der Waals surface area (Å²) in [5.41, 5.74) is 1.13. The van der Waals surface area contributed by atoms with Gasteiger partial charge in [-0.1, -0.05) is 44.2 Å². The van der Waals surface area contributed by atoms with E-state index in [-0.39, 0.29) is 11.8 Å². The molecule has 2 fully saturated rings. The Hall–Kier alpha value is -1.35. The molecule has 1 saturated carbocycles. The van der Waals surface area contributed by atoms with E-state index in [1.54, 1.807) is 0 Å². The minimum Gasteiger partial charge on any atom is -0.352 e. The first-order valence-electron chi connectivity index (χ1n) is 8.23. The van der Waals surface area contributed by atoms with E-state index in [4.69, 9.17) is 0 Å². The van der Waals surface area contributed by atoms with E-state index < -0.39 is 0 Å². The molecule has 0 radical (unpaired) electrons. The van der Waals surface area contributed by atoms with Gasteiger partial charge in [-0.15, -0.1) is 0 Å². The lowest BCUT2D eigenvalue weighted by Crippen LogP contribution is -2.42. The van der Waals surface area contributed by atoms with Crippen LogP contribution in [0.15, 0.2) is 30.3 Å². The quantitative estimate of drug-likeness (QED) is 0.893. The van der Waals surface area contributed by atoms with E-state index in [1.165, 1.54) is 6.42 Å². The van der Waals surface area contributed by atoms with Gasteiger partial charge < -0.3 is 10.6 Å². The summed E-state index contributed by atoms with van der Waals surface area (Å²) in [6, 6.07) is 10.5. The molecule has 1 unspecified atom stereocenters. The van der Waals surface area contributed by atoms with E-state index >= 15 is 0 Å². The van der Waals surface area contributed by atoms with Crippen LogP contribution in [-0.2, 0) is 4.79 Å². The molecule has 2 aliphatic rings. The van der Waals surface area contributed by atoms with Crippen molar-refractivity contribution in [3.8, 4) is 0 Å². The molecule has 3 nitrogen and oxygen atoms in total. The number of fused-ring (bicyclic) bond motifs is 1. The maximum absolute atomic E-state index is 12.8. The Morgan fingerprint density at radius 1 is 1.19 bits per heavy atom.